The van der Waals surface area contributed by atoms with Gasteiger partial charge >= 0.3 is 0 Å². The van der Waals surface area contributed by atoms with Gasteiger partial charge in [-0.15, -0.1) is 0 Å². The van der Waals surface area contributed by atoms with Crippen LogP contribution in [0.5, 0.6) is 5.75 Å². The fourth-order valence-electron chi connectivity index (χ4n) is 1.67. The maximum absolute atomic E-state index is 13.5. The predicted molar refractivity (Wildman–Crippen MR) is 60.7 cm³/mol. The van der Waals surface area contributed by atoms with Gasteiger partial charge in [-0.2, -0.15) is 0 Å². The standard InChI is InChI=1S/C13H19FO/c1-3-5-7-11-8-12(14)10(6-4-2)9-13(11)15/h8-9,15H,3-7H2,1-2H3. The lowest BCUT2D eigenvalue weighted by Crippen LogP contribution is -1.94. The highest BCUT2D eigenvalue weighted by molar-refractivity contribution is 5.37. The predicted octanol–water partition coefficient (Wildman–Crippen LogP) is 3.83. The van der Waals surface area contributed by atoms with Crippen molar-refractivity contribution in [1.29, 1.82) is 0 Å². The number of phenolic OH excluding ortho intramolecular Hbond substituents is 1. The molecule has 0 saturated carbocycles. The van der Waals surface area contributed by atoms with Gasteiger partial charge in [0.25, 0.3) is 0 Å². The maximum Gasteiger partial charge on any atom is 0.126 e. The van der Waals surface area contributed by atoms with Crippen molar-refractivity contribution in [2.75, 3.05) is 0 Å². The maximum atomic E-state index is 13.5. The fourth-order valence-corrected chi connectivity index (χ4v) is 1.67. The van der Waals surface area contributed by atoms with Gasteiger partial charge < -0.3 is 5.11 Å². The van der Waals surface area contributed by atoms with Crippen LogP contribution >= 0.6 is 0 Å². The first-order valence-corrected chi connectivity index (χ1v) is 5.69. The first-order valence-electron chi connectivity index (χ1n) is 5.69. The van der Waals surface area contributed by atoms with Crippen molar-refractivity contribution in [3.05, 3.63) is 29.1 Å². The van der Waals surface area contributed by atoms with Crippen LogP contribution in [0.25, 0.3) is 0 Å². The lowest BCUT2D eigenvalue weighted by molar-refractivity contribution is 0.462. The van der Waals surface area contributed by atoms with E-state index in [9.17, 15) is 9.50 Å². The van der Waals surface area contributed by atoms with Crippen molar-refractivity contribution in [2.24, 2.45) is 0 Å². The summed E-state index contributed by atoms with van der Waals surface area (Å²) in [5.74, 6) is 0.0639. The van der Waals surface area contributed by atoms with E-state index in [0.717, 1.165) is 31.2 Å². The Balaban J connectivity index is 2.87. The highest BCUT2D eigenvalue weighted by atomic mass is 19.1. The van der Waals surface area contributed by atoms with E-state index < -0.39 is 0 Å². The molecule has 0 fully saturated rings. The van der Waals surface area contributed by atoms with Crippen molar-refractivity contribution in [3.8, 4) is 5.75 Å². The molecule has 1 aromatic rings. The Hall–Kier alpha value is -1.05. The van der Waals surface area contributed by atoms with Crippen molar-refractivity contribution in [1.82, 2.24) is 0 Å². The van der Waals surface area contributed by atoms with Crippen molar-refractivity contribution in [3.63, 3.8) is 0 Å². The summed E-state index contributed by atoms with van der Waals surface area (Å²) in [7, 11) is 0. The van der Waals surface area contributed by atoms with Crippen LogP contribution in [0.2, 0.25) is 0 Å². The van der Waals surface area contributed by atoms with Crippen molar-refractivity contribution in [2.45, 2.75) is 46.0 Å². The van der Waals surface area contributed by atoms with E-state index in [0.29, 0.717) is 12.0 Å². The van der Waals surface area contributed by atoms with Crippen molar-refractivity contribution >= 4 is 0 Å². The summed E-state index contributed by atoms with van der Waals surface area (Å²) in [4.78, 5) is 0. The molecule has 84 valence electrons. The topological polar surface area (TPSA) is 20.2 Å². The number of benzene rings is 1. The molecule has 0 aromatic heterocycles. The van der Waals surface area contributed by atoms with Gasteiger partial charge in [0.15, 0.2) is 0 Å². The zero-order chi connectivity index (χ0) is 11.3. The molecule has 1 rings (SSSR count). The molecule has 15 heavy (non-hydrogen) atoms. The molecule has 0 aliphatic carbocycles. The van der Waals surface area contributed by atoms with E-state index in [1.807, 2.05) is 6.92 Å². The molecule has 2 heteroatoms. The summed E-state index contributed by atoms with van der Waals surface area (Å²) in [6, 6.07) is 3.06. The third-order valence-corrected chi connectivity index (χ3v) is 2.57. The number of phenols is 1. The van der Waals surface area contributed by atoms with Crippen LogP contribution in [0.4, 0.5) is 4.39 Å². The number of halogens is 1. The minimum absolute atomic E-state index is 0.180. The van der Waals surface area contributed by atoms with E-state index >= 15 is 0 Å². The molecular weight excluding hydrogens is 191 g/mol. The third-order valence-electron chi connectivity index (χ3n) is 2.57. The highest BCUT2D eigenvalue weighted by Gasteiger charge is 2.08. The van der Waals surface area contributed by atoms with Gasteiger partial charge in [0.05, 0.1) is 0 Å². The Morgan fingerprint density at radius 3 is 2.40 bits per heavy atom. The molecule has 1 N–H and O–H groups in total. The summed E-state index contributed by atoms with van der Waals surface area (Å²) in [5, 5.41) is 9.70. The Kier molecular flexibility index (Phi) is 4.60. The molecule has 0 heterocycles. The van der Waals surface area contributed by atoms with Gasteiger partial charge in [0.1, 0.15) is 11.6 Å². The summed E-state index contributed by atoms with van der Waals surface area (Å²) < 4.78 is 13.5. The van der Waals surface area contributed by atoms with Gasteiger partial charge in [-0.3, -0.25) is 0 Å². The molecule has 0 aliphatic heterocycles. The van der Waals surface area contributed by atoms with Crippen LogP contribution < -0.4 is 0 Å². The number of unbranched alkanes of at least 4 members (excludes halogenated alkanes) is 1. The number of aromatic hydroxyl groups is 1. The summed E-state index contributed by atoms with van der Waals surface area (Å²) >= 11 is 0. The molecule has 0 bridgehead atoms. The van der Waals surface area contributed by atoms with Gasteiger partial charge in [0.2, 0.25) is 0 Å². The monoisotopic (exact) mass is 210 g/mol. The number of aryl methyl sites for hydroxylation is 2. The Morgan fingerprint density at radius 2 is 1.80 bits per heavy atom. The second kappa shape index (κ2) is 5.74. The van der Waals surface area contributed by atoms with Crippen LogP contribution in [0.1, 0.15) is 44.2 Å². The first-order chi connectivity index (χ1) is 7.19. The second-order valence-electron chi connectivity index (χ2n) is 3.93. The van der Waals surface area contributed by atoms with Gasteiger partial charge in [-0.25, -0.2) is 4.39 Å². The molecule has 1 nitrogen and oxygen atoms in total. The molecule has 0 amide bonds. The van der Waals surface area contributed by atoms with Gasteiger partial charge in [-0.05, 0) is 42.5 Å². The molecule has 0 radical (unpaired) electrons. The number of hydrogen-bond acceptors (Lipinski definition) is 1. The average molecular weight is 210 g/mol. The van der Waals surface area contributed by atoms with E-state index in [2.05, 4.69) is 6.92 Å². The van der Waals surface area contributed by atoms with Crippen LogP contribution in [-0.4, -0.2) is 5.11 Å². The molecular formula is C13H19FO. The summed E-state index contributed by atoms with van der Waals surface area (Å²) in [5.41, 5.74) is 1.35. The zero-order valence-corrected chi connectivity index (χ0v) is 9.52. The van der Waals surface area contributed by atoms with Crippen LogP contribution in [0, 0.1) is 5.82 Å². The van der Waals surface area contributed by atoms with Crippen LogP contribution in [0.15, 0.2) is 12.1 Å². The van der Waals surface area contributed by atoms with Gasteiger partial charge in [-0.1, -0.05) is 26.7 Å². The quantitative estimate of drug-likeness (QED) is 0.783. The lowest BCUT2D eigenvalue weighted by atomic mass is 10.0. The van der Waals surface area contributed by atoms with E-state index in [1.54, 1.807) is 6.07 Å². The fraction of sp³-hybridized carbons (Fsp3) is 0.538. The minimum atomic E-state index is -0.180. The number of hydrogen-bond donors (Lipinski definition) is 1. The van der Waals surface area contributed by atoms with Gasteiger partial charge in [0, 0.05) is 0 Å². The van der Waals surface area contributed by atoms with Crippen LogP contribution in [-0.2, 0) is 12.8 Å². The Bertz CT molecular complexity index is 321. The molecule has 0 spiro atoms. The van der Waals surface area contributed by atoms with E-state index in [1.165, 1.54) is 6.07 Å². The highest BCUT2D eigenvalue weighted by Crippen LogP contribution is 2.24. The average Bonchev–Trinajstić information content (AvgIpc) is 2.21. The first kappa shape index (κ1) is 12.0. The minimum Gasteiger partial charge on any atom is -0.508 e. The Labute approximate surface area is 90.9 Å². The second-order valence-corrected chi connectivity index (χ2v) is 3.93. The summed E-state index contributed by atoms with van der Waals surface area (Å²) in [6.07, 6.45) is 4.38. The molecule has 0 unspecified atom stereocenters. The van der Waals surface area contributed by atoms with E-state index in [-0.39, 0.29) is 11.6 Å². The third kappa shape index (κ3) is 3.22. The van der Waals surface area contributed by atoms with Crippen LogP contribution in [0.3, 0.4) is 0 Å². The zero-order valence-electron chi connectivity index (χ0n) is 9.52. The molecule has 1 aromatic carbocycles. The lowest BCUT2D eigenvalue weighted by Gasteiger charge is -2.08. The normalized spacial score (nSPS) is 10.6. The molecule has 0 atom stereocenters. The van der Waals surface area contributed by atoms with E-state index in [4.69, 9.17) is 0 Å². The molecule has 0 aliphatic rings. The summed E-state index contributed by atoms with van der Waals surface area (Å²) in [6.45, 7) is 4.08. The Morgan fingerprint density at radius 1 is 1.07 bits per heavy atom. The largest absolute Gasteiger partial charge is 0.508 e. The molecule has 0 saturated heterocycles. The SMILES string of the molecule is CCCCc1cc(F)c(CCC)cc1O. The smallest absolute Gasteiger partial charge is 0.126 e. The number of rotatable bonds is 5. The van der Waals surface area contributed by atoms with Crippen molar-refractivity contribution < 1.29 is 9.50 Å².